The SMILES string of the molecule is CC/C=C\C/C=C\C/C=C\C/C=C\C/C=C\CCCCCC(=O)OC(COCCCCCCCCCC)COP(=O)(O)OCC(N)C(=O)O. The first-order valence-corrected chi connectivity index (χ1v) is 19.8. The summed E-state index contributed by atoms with van der Waals surface area (Å²) in [7, 11) is -4.61. The number of nitrogens with two attached hydrogens (primary N) is 1. The molecular formula is C38H66NO9P. The molecule has 0 radical (unpaired) electrons. The molecule has 0 aromatic rings. The van der Waals surface area contributed by atoms with Crippen molar-refractivity contribution >= 4 is 19.8 Å². The molecule has 10 nitrogen and oxygen atoms in total. The Balaban J connectivity index is 4.35. The van der Waals surface area contributed by atoms with Crippen LogP contribution in [0.25, 0.3) is 0 Å². The Hall–Kier alpha value is -2.33. The van der Waals surface area contributed by atoms with Crippen LogP contribution in [0.1, 0.15) is 129 Å². The number of carbonyl (C=O) groups excluding carboxylic acids is 1. The molecule has 0 saturated heterocycles. The number of allylic oxidation sites excluding steroid dienone is 10. The maximum atomic E-state index is 12.5. The fourth-order valence-corrected chi connectivity index (χ4v) is 5.23. The number of phosphoric acid groups is 1. The number of esters is 1. The normalized spacial score (nSPS) is 14.9. The third-order valence-electron chi connectivity index (χ3n) is 7.31. The molecule has 0 aliphatic heterocycles. The maximum absolute atomic E-state index is 12.5. The number of unbranched alkanes of at least 4 members (excludes halogenated alkanes) is 10. The summed E-state index contributed by atoms with van der Waals surface area (Å²) in [6.45, 7) is 3.66. The lowest BCUT2D eigenvalue weighted by Gasteiger charge is -2.20. The molecule has 0 fully saturated rings. The number of rotatable bonds is 34. The Bertz CT molecular complexity index is 1010. The summed E-state index contributed by atoms with van der Waals surface area (Å²) in [5.74, 6) is -1.82. The van der Waals surface area contributed by atoms with E-state index in [0.717, 1.165) is 70.6 Å². The van der Waals surface area contributed by atoms with Crippen LogP contribution in [0.4, 0.5) is 0 Å². The highest BCUT2D eigenvalue weighted by molar-refractivity contribution is 7.47. The molecule has 4 N–H and O–H groups in total. The summed E-state index contributed by atoms with van der Waals surface area (Å²) < 4.78 is 33.0. The molecule has 0 aromatic heterocycles. The summed E-state index contributed by atoms with van der Waals surface area (Å²) in [6.07, 6.45) is 38.6. The molecule has 0 rings (SSSR count). The molecule has 0 aromatic carbocycles. The number of phosphoric ester groups is 1. The Morgan fingerprint density at radius 2 is 1.18 bits per heavy atom. The van der Waals surface area contributed by atoms with E-state index in [2.05, 4.69) is 79.1 Å². The molecule has 0 amide bonds. The lowest BCUT2D eigenvalue weighted by Crippen LogP contribution is -2.34. The summed E-state index contributed by atoms with van der Waals surface area (Å²) in [4.78, 5) is 33.3. The van der Waals surface area contributed by atoms with Crippen LogP contribution in [0.3, 0.4) is 0 Å². The van der Waals surface area contributed by atoms with Crippen molar-refractivity contribution in [3.8, 4) is 0 Å². The second-order valence-corrected chi connectivity index (χ2v) is 13.4. The number of hydrogen-bond acceptors (Lipinski definition) is 8. The van der Waals surface area contributed by atoms with Gasteiger partial charge in [-0.15, -0.1) is 0 Å². The monoisotopic (exact) mass is 711 g/mol. The average molecular weight is 712 g/mol. The fourth-order valence-electron chi connectivity index (χ4n) is 4.45. The first kappa shape index (κ1) is 46.7. The molecule has 49 heavy (non-hydrogen) atoms. The minimum Gasteiger partial charge on any atom is -0.480 e. The van der Waals surface area contributed by atoms with E-state index in [4.69, 9.17) is 24.8 Å². The van der Waals surface area contributed by atoms with E-state index < -0.39 is 45.1 Å². The van der Waals surface area contributed by atoms with E-state index >= 15 is 0 Å². The topological polar surface area (TPSA) is 155 Å². The maximum Gasteiger partial charge on any atom is 0.472 e. The Morgan fingerprint density at radius 1 is 0.673 bits per heavy atom. The first-order valence-electron chi connectivity index (χ1n) is 18.3. The Labute approximate surface area is 296 Å². The van der Waals surface area contributed by atoms with Gasteiger partial charge in [0.05, 0.1) is 19.8 Å². The second kappa shape index (κ2) is 34.1. The largest absolute Gasteiger partial charge is 0.480 e. The van der Waals surface area contributed by atoms with Crippen molar-refractivity contribution in [1.29, 1.82) is 0 Å². The number of carboxylic acids is 1. The van der Waals surface area contributed by atoms with Gasteiger partial charge in [-0.2, -0.15) is 0 Å². The van der Waals surface area contributed by atoms with Gasteiger partial charge < -0.3 is 25.2 Å². The van der Waals surface area contributed by atoms with Crippen molar-refractivity contribution in [3.63, 3.8) is 0 Å². The van der Waals surface area contributed by atoms with E-state index in [0.29, 0.717) is 13.0 Å². The lowest BCUT2D eigenvalue weighted by molar-refractivity contribution is -0.154. The van der Waals surface area contributed by atoms with Crippen LogP contribution in [0.5, 0.6) is 0 Å². The number of carboxylic acid groups (broad SMARTS) is 1. The van der Waals surface area contributed by atoms with Crippen LogP contribution in [0.15, 0.2) is 60.8 Å². The van der Waals surface area contributed by atoms with Gasteiger partial charge in [-0.05, 0) is 57.8 Å². The first-order chi connectivity index (χ1) is 23.7. The Morgan fingerprint density at radius 3 is 1.76 bits per heavy atom. The summed E-state index contributed by atoms with van der Waals surface area (Å²) >= 11 is 0. The second-order valence-electron chi connectivity index (χ2n) is 12.0. The van der Waals surface area contributed by atoms with Gasteiger partial charge in [0.1, 0.15) is 12.1 Å². The van der Waals surface area contributed by atoms with Gasteiger partial charge >= 0.3 is 19.8 Å². The van der Waals surface area contributed by atoms with Gasteiger partial charge in [-0.25, -0.2) is 4.57 Å². The minimum absolute atomic E-state index is 0.000944. The van der Waals surface area contributed by atoms with Gasteiger partial charge in [-0.1, -0.05) is 126 Å². The van der Waals surface area contributed by atoms with Crippen LogP contribution in [-0.2, 0) is 32.7 Å². The predicted molar refractivity (Wildman–Crippen MR) is 198 cm³/mol. The van der Waals surface area contributed by atoms with E-state index in [1.807, 2.05) is 0 Å². The average Bonchev–Trinajstić information content (AvgIpc) is 3.07. The zero-order chi connectivity index (χ0) is 36.3. The molecule has 3 unspecified atom stereocenters. The van der Waals surface area contributed by atoms with Crippen molar-refractivity contribution in [2.75, 3.05) is 26.4 Å². The standard InChI is InChI=1S/C38H66NO9P/c1-3-5-7-9-11-13-14-15-16-17-18-19-20-21-22-23-24-26-28-30-37(40)48-35(32-45-31-29-27-25-12-10-8-6-4-2)33-46-49(43,44)47-34-36(39)38(41)42/h5,7,11,13,15-16,18-19,21-22,35-36H,3-4,6,8-10,12,14,17,20,23-34,39H2,1-2H3,(H,41,42)(H,43,44)/b7-5-,13-11-,16-15-,19-18-,22-21-. The van der Waals surface area contributed by atoms with Gasteiger partial charge in [0, 0.05) is 13.0 Å². The van der Waals surface area contributed by atoms with Gasteiger partial charge in [0.25, 0.3) is 0 Å². The van der Waals surface area contributed by atoms with Crippen LogP contribution >= 0.6 is 7.82 Å². The fraction of sp³-hybridized carbons (Fsp3) is 0.684. The van der Waals surface area contributed by atoms with Crippen LogP contribution < -0.4 is 5.73 Å². The van der Waals surface area contributed by atoms with Crippen LogP contribution in [0.2, 0.25) is 0 Å². The molecule has 0 heterocycles. The molecule has 3 atom stereocenters. The smallest absolute Gasteiger partial charge is 0.472 e. The van der Waals surface area contributed by atoms with E-state index in [9.17, 15) is 19.0 Å². The highest BCUT2D eigenvalue weighted by Gasteiger charge is 2.27. The van der Waals surface area contributed by atoms with Crippen molar-refractivity contribution in [1.82, 2.24) is 0 Å². The van der Waals surface area contributed by atoms with Crippen LogP contribution in [-0.4, -0.2) is 60.5 Å². The van der Waals surface area contributed by atoms with Gasteiger partial charge in [0.2, 0.25) is 0 Å². The zero-order valence-electron chi connectivity index (χ0n) is 30.3. The molecule has 0 aliphatic rings. The number of ether oxygens (including phenoxy) is 2. The minimum atomic E-state index is -4.61. The number of aliphatic carboxylic acids is 1. The molecule has 11 heteroatoms. The van der Waals surface area contributed by atoms with Crippen LogP contribution in [0, 0.1) is 0 Å². The highest BCUT2D eigenvalue weighted by Crippen LogP contribution is 2.43. The number of carbonyl (C=O) groups is 2. The van der Waals surface area contributed by atoms with E-state index in [-0.39, 0.29) is 13.0 Å². The van der Waals surface area contributed by atoms with Gasteiger partial charge in [0.15, 0.2) is 0 Å². The highest BCUT2D eigenvalue weighted by atomic mass is 31.2. The molecule has 0 spiro atoms. The quantitative estimate of drug-likeness (QED) is 0.0255. The van der Waals surface area contributed by atoms with E-state index in [1.54, 1.807) is 0 Å². The zero-order valence-corrected chi connectivity index (χ0v) is 31.2. The lowest BCUT2D eigenvalue weighted by atomic mass is 10.1. The predicted octanol–water partition coefficient (Wildman–Crippen LogP) is 9.30. The summed E-state index contributed by atoms with van der Waals surface area (Å²) in [6, 6.07) is -1.48. The third-order valence-corrected chi connectivity index (χ3v) is 8.26. The molecule has 0 bridgehead atoms. The van der Waals surface area contributed by atoms with Crippen molar-refractivity contribution < 1.29 is 42.7 Å². The molecule has 0 saturated carbocycles. The summed E-state index contributed by atoms with van der Waals surface area (Å²) in [5.41, 5.74) is 5.32. The van der Waals surface area contributed by atoms with Crippen molar-refractivity contribution in [3.05, 3.63) is 60.8 Å². The molecule has 282 valence electrons. The molecule has 0 aliphatic carbocycles. The summed E-state index contributed by atoms with van der Waals surface area (Å²) in [5, 5.41) is 8.84. The van der Waals surface area contributed by atoms with E-state index in [1.165, 1.54) is 32.1 Å². The van der Waals surface area contributed by atoms with Crippen molar-refractivity contribution in [2.45, 2.75) is 142 Å². The van der Waals surface area contributed by atoms with Gasteiger partial charge in [-0.3, -0.25) is 18.6 Å². The van der Waals surface area contributed by atoms with Crippen molar-refractivity contribution in [2.24, 2.45) is 5.73 Å². The Kier molecular flexibility index (Phi) is 32.5. The molecular weight excluding hydrogens is 645 g/mol. The third kappa shape index (κ3) is 33.9. The number of hydrogen-bond donors (Lipinski definition) is 3.